The van der Waals surface area contributed by atoms with Gasteiger partial charge in [-0.3, -0.25) is 4.79 Å². The van der Waals surface area contributed by atoms with Gasteiger partial charge in [-0.05, 0) is 48.0 Å². The molecule has 0 unspecified atom stereocenters. The van der Waals surface area contributed by atoms with E-state index in [1.165, 1.54) is 37.6 Å². The van der Waals surface area contributed by atoms with E-state index in [9.17, 15) is 9.18 Å². The van der Waals surface area contributed by atoms with E-state index in [4.69, 9.17) is 50.0 Å². The van der Waals surface area contributed by atoms with Crippen molar-refractivity contribution < 1.29 is 18.7 Å². The fourth-order valence-electron chi connectivity index (χ4n) is 2.58. The maximum atomic E-state index is 13.0. The molecule has 0 bridgehead atoms. The average Bonchev–Trinajstić information content (AvgIpc) is 2.79. The van der Waals surface area contributed by atoms with E-state index in [-0.39, 0.29) is 39.0 Å². The maximum absolute atomic E-state index is 13.0. The second kappa shape index (κ2) is 10.5. The molecule has 2 aromatic carbocycles. The molecule has 166 valence electrons. The number of rotatable bonds is 7. The number of benzene rings is 2. The van der Waals surface area contributed by atoms with Crippen LogP contribution in [-0.2, 0) is 6.61 Å². The molecule has 32 heavy (non-hydrogen) atoms. The Kier molecular flexibility index (Phi) is 7.74. The molecule has 0 aliphatic heterocycles. The molecule has 0 spiro atoms. The van der Waals surface area contributed by atoms with Crippen molar-refractivity contribution in [2.24, 2.45) is 5.10 Å². The molecule has 11 heteroatoms. The van der Waals surface area contributed by atoms with Crippen LogP contribution in [0.4, 0.5) is 10.1 Å². The van der Waals surface area contributed by atoms with Gasteiger partial charge in [0.05, 0.1) is 24.0 Å². The Balaban J connectivity index is 1.71. The van der Waals surface area contributed by atoms with Gasteiger partial charge in [-0.2, -0.15) is 5.10 Å². The second-order valence-electron chi connectivity index (χ2n) is 6.31. The second-order valence-corrected chi connectivity index (χ2v) is 7.42. The highest BCUT2D eigenvalue weighted by Crippen LogP contribution is 2.34. The highest BCUT2D eigenvalue weighted by molar-refractivity contribution is 6.46. The molecular formula is C21H16Cl3FN4O3. The van der Waals surface area contributed by atoms with Crippen LogP contribution in [0.1, 0.15) is 21.6 Å². The van der Waals surface area contributed by atoms with Gasteiger partial charge in [0.2, 0.25) is 0 Å². The van der Waals surface area contributed by atoms with Gasteiger partial charge < -0.3 is 15.2 Å². The molecule has 1 heterocycles. The average molecular weight is 498 g/mol. The Morgan fingerprint density at radius 2 is 1.91 bits per heavy atom. The number of nitrogens with zero attached hydrogens (tertiary/aromatic N) is 2. The summed E-state index contributed by atoms with van der Waals surface area (Å²) in [6.07, 6.45) is 1.41. The molecule has 1 aromatic heterocycles. The van der Waals surface area contributed by atoms with Gasteiger partial charge in [-0.25, -0.2) is 14.8 Å². The molecule has 1 amide bonds. The number of halogens is 4. The summed E-state index contributed by atoms with van der Waals surface area (Å²) in [5.41, 5.74) is 9.12. The molecule has 0 radical (unpaired) electrons. The van der Waals surface area contributed by atoms with Crippen LogP contribution in [0.3, 0.4) is 0 Å². The Bertz CT molecular complexity index is 1170. The van der Waals surface area contributed by atoms with E-state index >= 15 is 0 Å². The number of hydrogen-bond acceptors (Lipinski definition) is 6. The molecule has 3 N–H and O–H groups in total. The molecule has 0 fully saturated rings. The SMILES string of the molecule is COc1ccc(/C=N/NC(=O)c2nc(Cl)c(Cl)c(N)c2Cl)cc1COc1ccc(F)cc1. The number of nitrogens with one attached hydrogen (secondary N) is 1. The van der Waals surface area contributed by atoms with Crippen LogP contribution in [0.25, 0.3) is 0 Å². The first-order valence-electron chi connectivity index (χ1n) is 8.98. The van der Waals surface area contributed by atoms with Gasteiger partial charge in [0.25, 0.3) is 5.91 Å². The summed E-state index contributed by atoms with van der Waals surface area (Å²) >= 11 is 17.7. The number of pyridine rings is 1. The summed E-state index contributed by atoms with van der Waals surface area (Å²) in [6.45, 7) is 0.172. The van der Waals surface area contributed by atoms with Crippen molar-refractivity contribution >= 4 is 52.6 Å². The number of hydrogen-bond donors (Lipinski definition) is 2. The van der Waals surface area contributed by atoms with Crippen LogP contribution in [0, 0.1) is 5.82 Å². The smallest absolute Gasteiger partial charge is 0.291 e. The van der Waals surface area contributed by atoms with E-state index in [1.807, 2.05) is 0 Å². The summed E-state index contributed by atoms with van der Waals surface area (Å²) in [7, 11) is 1.53. The first kappa shape index (κ1) is 23.6. The standard InChI is InChI=1S/C21H16Cl3FN4O3/c1-31-15-7-2-11(8-12(15)10-32-14-5-3-13(25)4-6-14)9-27-29-21(30)19-16(22)18(26)17(23)20(24)28-19/h2-9H,10H2,1H3,(H2,26,28)(H,29,30)/b27-9+. The largest absolute Gasteiger partial charge is 0.496 e. The molecular weight excluding hydrogens is 482 g/mol. The molecule has 0 saturated carbocycles. The van der Waals surface area contributed by atoms with Crippen LogP contribution in [0.2, 0.25) is 15.2 Å². The lowest BCUT2D eigenvalue weighted by Gasteiger charge is -2.11. The fraction of sp³-hybridized carbons (Fsp3) is 0.0952. The quantitative estimate of drug-likeness (QED) is 0.268. The van der Waals surface area contributed by atoms with Crippen LogP contribution in [0.15, 0.2) is 47.6 Å². The molecule has 0 atom stereocenters. The number of nitrogen functional groups attached to an aromatic ring is 1. The van der Waals surface area contributed by atoms with Gasteiger partial charge in [0.1, 0.15) is 28.9 Å². The summed E-state index contributed by atoms with van der Waals surface area (Å²) in [5, 5.41) is 3.59. The Morgan fingerprint density at radius 3 is 2.59 bits per heavy atom. The summed E-state index contributed by atoms with van der Waals surface area (Å²) in [4.78, 5) is 16.2. The fourth-order valence-corrected chi connectivity index (χ4v) is 3.18. The van der Waals surface area contributed by atoms with Crippen molar-refractivity contribution in [2.45, 2.75) is 6.61 Å². The number of carbonyl (C=O) groups excluding carboxylic acids is 1. The van der Waals surface area contributed by atoms with Crippen LogP contribution < -0.4 is 20.6 Å². The van der Waals surface area contributed by atoms with Gasteiger partial charge in [0.15, 0.2) is 10.8 Å². The van der Waals surface area contributed by atoms with Crippen molar-refractivity contribution in [3.05, 3.63) is 80.3 Å². The van der Waals surface area contributed by atoms with Crippen molar-refractivity contribution in [1.82, 2.24) is 10.4 Å². The lowest BCUT2D eigenvalue weighted by atomic mass is 10.1. The number of aromatic nitrogens is 1. The highest BCUT2D eigenvalue weighted by Gasteiger charge is 2.19. The van der Waals surface area contributed by atoms with E-state index in [0.717, 1.165) is 0 Å². The summed E-state index contributed by atoms with van der Waals surface area (Å²) in [6, 6.07) is 10.9. The third-order valence-electron chi connectivity index (χ3n) is 4.18. The highest BCUT2D eigenvalue weighted by atomic mass is 35.5. The van der Waals surface area contributed by atoms with Gasteiger partial charge >= 0.3 is 0 Å². The van der Waals surface area contributed by atoms with Crippen molar-refractivity contribution in [1.29, 1.82) is 0 Å². The first-order valence-corrected chi connectivity index (χ1v) is 10.1. The number of nitrogens with two attached hydrogens (primary N) is 1. The monoisotopic (exact) mass is 496 g/mol. The lowest BCUT2D eigenvalue weighted by molar-refractivity contribution is 0.0950. The Hall–Kier alpha value is -3.07. The van der Waals surface area contributed by atoms with E-state index in [2.05, 4.69) is 15.5 Å². The lowest BCUT2D eigenvalue weighted by Crippen LogP contribution is -2.20. The molecule has 7 nitrogen and oxygen atoms in total. The van der Waals surface area contributed by atoms with Crippen molar-refractivity contribution in [2.75, 3.05) is 12.8 Å². The van der Waals surface area contributed by atoms with Crippen LogP contribution in [0.5, 0.6) is 11.5 Å². The normalized spacial score (nSPS) is 10.9. The zero-order valence-corrected chi connectivity index (χ0v) is 18.8. The molecule has 3 rings (SSSR count). The predicted octanol–water partition coefficient (Wildman–Crippen LogP) is 5.11. The Labute approximate surface area is 197 Å². The van der Waals surface area contributed by atoms with E-state index < -0.39 is 5.91 Å². The topological polar surface area (TPSA) is 98.8 Å². The molecule has 0 saturated heterocycles. The maximum Gasteiger partial charge on any atom is 0.291 e. The number of anilines is 1. The van der Waals surface area contributed by atoms with Crippen molar-refractivity contribution in [3.8, 4) is 11.5 Å². The number of hydrazone groups is 1. The number of carbonyl (C=O) groups is 1. The van der Waals surface area contributed by atoms with Crippen LogP contribution in [-0.4, -0.2) is 24.2 Å². The molecule has 0 aliphatic rings. The van der Waals surface area contributed by atoms with Gasteiger partial charge in [-0.15, -0.1) is 0 Å². The molecule has 0 aliphatic carbocycles. The van der Waals surface area contributed by atoms with Crippen molar-refractivity contribution in [3.63, 3.8) is 0 Å². The van der Waals surface area contributed by atoms with Gasteiger partial charge in [-0.1, -0.05) is 34.8 Å². The first-order chi connectivity index (χ1) is 15.3. The minimum absolute atomic E-state index is 0.0367. The third kappa shape index (κ3) is 5.59. The third-order valence-corrected chi connectivity index (χ3v) is 5.31. The minimum atomic E-state index is -0.718. The number of ether oxygens (including phenoxy) is 2. The van der Waals surface area contributed by atoms with Crippen LogP contribution >= 0.6 is 34.8 Å². The van der Waals surface area contributed by atoms with E-state index in [1.54, 1.807) is 18.2 Å². The minimum Gasteiger partial charge on any atom is -0.496 e. The summed E-state index contributed by atoms with van der Waals surface area (Å²) in [5.74, 6) is 0.0285. The summed E-state index contributed by atoms with van der Waals surface area (Å²) < 4.78 is 24.0. The zero-order valence-electron chi connectivity index (χ0n) is 16.5. The zero-order chi connectivity index (χ0) is 23.3. The number of methoxy groups -OCH3 is 1. The van der Waals surface area contributed by atoms with E-state index in [0.29, 0.717) is 22.6 Å². The van der Waals surface area contributed by atoms with Gasteiger partial charge in [0, 0.05) is 5.56 Å². The molecule has 3 aromatic rings. The Morgan fingerprint density at radius 1 is 1.19 bits per heavy atom. The number of amides is 1. The predicted molar refractivity (Wildman–Crippen MR) is 122 cm³/mol.